The first kappa shape index (κ1) is 19.3. The van der Waals surface area contributed by atoms with Crippen molar-refractivity contribution in [2.75, 3.05) is 12.4 Å². The lowest BCUT2D eigenvalue weighted by molar-refractivity contribution is 0.880. The molecule has 1 aromatic carbocycles. The Bertz CT molecular complexity index is 1350. The predicted molar refractivity (Wildman–Crippen MR) is 124 cm³/mol. The molecule has 0 aliphatic heterocycles. The van der Waals surface area contributed by atoms with Gasteiger partial charge in [0.1, 0.15) is 11.5 Å². The number of allylic oxidation sites excluding steroid dienone is 2. The molecule has 7 nitrogen and oxygen atoms in total. The van der Waals surface area contributed by atoms with Crippen molar-refractivity contribution in [3.8, 4) is 0 Å². The van der Waals surface area contributed by atoms with Gasteiger partial charge in [-0.25, -0.2) is 15.0 Å². The van der Waals surface area contributed by atoms with Gasteiger partial charge in [-0.3, -0.25) is 9.39 Å². The SMILES string of the molecule is CN=C(C1=C(N)CCc2cnc(Nc3cnc4ccccn34)nc21)c1ccccc1Cl. The number of fused-ring (bicyclic) bond motifs is 2. The zero-order valence-corrected chi connectivity index (χ0v) is 17.6. The lowest BCUT2D eigenvalue weighted by atomic mass is 9.88. The quantitative estimate of drug-likeness (QED) is 0.473. The van der Waals surface area contributed by atoms with Gasteiger partial charge >= 0.3 is 0 Å². The van der Waals surface area contributed by atoms with Crippen molar-refractivity contribution in [1.29, 1.82) is 0 Å². The van der Waals surface area contributed by atoms with Crippen molar-refractivity contribution < 1.29 is 0 Å². The zero-order chi connectivity index (χ0) is 21.4. The molecule has 0 spiro atoms. The topological polar surface area (TPSA) is 93.5 Å². The summed E-state index contributed by atoms with van der Waals surface area (Å²) in [6.07, 6.45) is 7.03. The van der Waals surface area contributed by atoms with E-state index in [-0.39, 0.29) is 0 Å². The minimum atomic E-state index is 0.464. The number of aromatic nitrogens is 4. The summed E-state index contributed by atoms with van der Waals surface area (Å²) in [5, 5.41) is 3.89. The average Bonchev–Trinajstić information content (AvgIpc) is 3.19. The fraction of sp³-hybridized carbons (Fsp3) is 0.130. The number of imidazole rings is 1. The van der Waals surface area contributed by atoms with Gasteiger partial charge in [-0.15, -0.1) is 0 Å². The van der Waals surface area contributed by atoms with Gasteiger partial charge in [0.25, 0.3) is 0 Å². The Morgan fingerprint density at radius 2 is 1.94 bits per heavy atom. The number of aryl methyl sites for hydroxylation is 1. The molecular weight excluding hydrogens is 410 g/mol. The van der Waals surface area contributed by atoms with Crippen LogP contribution in [-0.4, -0.2) is 32.1 Å². The third-order valence-electron chi connectivity index (χ3n) is 5.33. The fourth-order valence-corrected chi connectivity index (χ4v) is 4.06. The smallest absolute Gasteiger partial charge is 0.228 e. The second-order valence-electron chi connectivity index (χ2n) is 7.22. The van der Waals surface area contributed by atoms with E-state index in [1.54, 1.807) is 13.2 Å². The van der Waals surface area contributed by atoms with Gasteiger partial charge in [0.05, 0.1) is 17.6 Å². The molecule has 0 atom stereocenters. The van der Waals surface area contributed by atoms with Crippen molar-refractivity contribution in [2.45, 2.75) is 12.8 Å². The highest BCUT2D eigenvalue weighted by molar-refractivity contribution is 6.40. The molecule has 0 unspecified atom stereocenters. The monoisotopic (exact) mass is 429 g/mol. The number of nitrogens with one attached hydrogen (secondary N) is 1. The van der Waals surface area contributed by atoms with Crippen LogP contribution in [0.4, 0.5) is 11.8 Å². The summed E-state index contributed by atoms with van der Waals surface area (Å²) in [6.45, 7) is 0. The van der Waals surface area contributed by atoms with E-state index in [4.69, 9.17) is 22.3 Å². The Balaban J connectivity index is 1.58. The second-order valence-corrected chi connectivity index (χ2v) is 7.62. The summed E-state index contributed by atoms with van der Waals surface area (Å²) < 4.78 is 1.94. The van der Waals surface area contributed by atoms with Crippen LogP contribution >= 0.6 is 11.6 Å². The number of hydrogen-bond acceptors (Lipinski definition) is 6. The van der Waals surface area contributed by atoms with Crippen LogP contribution in [0.1, 0.15) is 23.2 Å². The Kier molecular flexibility index (Phi) is 4.88. The van der Waals surface area contributed by atoms with Crippen LogP contribution in [0.5, 0.6) is 0 Å². The molecular formula is C23H20ClN7. The third-order valence-corrected chi connectivity index (χ3v) is 5.66. The van der Waals surface area contributed by atoms with Crippen molar-refractivity contribution in [3.05, 3.63) is 88.6 Å². The van der Waals surface area contributed by atoms with Crippen molar-refractivity contribution >= 4 is 40.3 Å². The summed E-state index contributed by atoms with van der Waals surface area (Å²) in [4.78, 5) is 18.3. The Morgan fingerprint density at radius 3 is 2.77 bits per heavy atom. The maximum atomic E-state index is 6.48. The molecule has 0 saturated carbocycles. The first-order valence-corrected chi connectivity index (χ1v) is 10.3. The lowest BCUT2D eigenvalue weighted by Crippen LogP contribution is -2.20. The van der Waals surface area contributed by atoms with Crippen molar-refractivity contribution in [2.24, 2.45) is 10.7 Å². The standard InChI is InChI=1S/C23H20ClN7/c1-26-22(15-6-2-3-7-16(15)24)20-17(25)10-9-14-12-28-23(30-21(14)20)29-19-13-27-18-8-4-5-11-31(18)19/h2-8,11-13H,9-10,25H2,1H3,(H,28,29,30). The minimum Gasteiger partial charge on any atom is -0.401 e. The van der Waals surface area contributed by atoms with Crippen LogP contribution in [0.15, 0.2) is 71.7 Å². The summed E-state index contributed by atoms with van der Waals surface area (Å²) in [6, 6.07) is 13.5. The number of rotatable bonds is 4. The van der Waals surface area contributed by atoms with Gasteiger partial charge in [0.2, 0.25) is 5.95 Å². The van der Waals surface area contributed by atoms with Crippen LogP contribution in [0.3, 0.4) is 0 Å². The van der Waals surface area contributed by atoms with Gasteiger partial charge in [-0.05, 0) is 36.6 Å². The molecule has 154 valence electrons. The summed E-state index contributed by atoms with van der Waals surface area (Å²) in [7, 11) is 1.74. The molecule has 3 N–H and O–H groups in total. The van der Waals surface area contributed by atoms with E-state index in [1.165, 1.54) is 0 Å². The molecule has 0 fully saturated rings. The summed E-state index contributed by atoms with van der Waals surface area (Å²) in [5.41, 5.74) is 12.2. The number of aliphatic imine (C=N–C) groups is 1. The number of pyridine rings is 1. The molecule has 3 heterocycles. The van der Waals surface area contributed by atoms with Crippen LogP contribution in [0.2, 0.25) is 5.02 Å². The largest absolute Gasteiger partial charge is 0.401 e. The van der Waals surface area contributed by atoms with E-state index < -0.39 is 0 Å². The molecule has 1 aliphatic carbocycles. The number of nitrogens with zero attached hydrogens (tertiary/aromatic N) is 5. The normalized spacial score (nSPS) is 14.1. The van der Waals surface area contributed by atoms with E-state index in [0.717, 1.165) is 58.1 Å². The molecule has 0 amide bonds. The summed E-state index contributed by atoms with van der Waals surface area (Å²) in [5.74, 6) is 1.24. The van der Waals surface area contributed by atoms with Gasteiger partial charge in [0.15, 0.2) is 0 Å². The maximum Gasteiger partial charge on any atom is 0.228 e. The van der Waals surface area contributed by atoms with Gasteiger partial charge in [-0.2, -0.15) is 0 Å². The third kappa shape index (κ3) is 3.43. The predicted octanol–water partition coefficient (Wildman–Crippen LogP) is 4.26. The molecule has 5 rings (SSSR count). The fourth-order valence-electron chi connectivity index (χ4n) is 3.84. The molecule has 0 bridgehead atoms. The van der Waals surface area contributed by atoms with Crippen LogP contribution in [0, 0.1) is 0 Å². The number of halogens is 1. The van der Waals surface area contributed by atoms with E-state index in [9.17, 15) is 0 Å². The zero-order valence-electron chi connectivity index (χ0n) is 16.9. The molecule has 4 aromatic rings. The highest BCUT2D eigenvalue weighted by Crippen LogP contribution is 2.33. The molecule has 0 saturated heterocycles. The van der Waals surface area contributed by atoms with Crippen molar-refractivity contribution in [3.63, 3.8) is 0 Å². The molecule has 8 heteroatoms. The maximum absolute atomic E-state index is 6.48. The molecule has 1 aliphatic rings. The van der Waals surface area contributed by atoms with Crippen LogP contribution < -0.4 is 11.1 Å². The first-order chi connectivity index (χ1) is 15.2. The van der Waals surface area contributed by atoms with Crippen LogP contribution in [0.25, 0.3) is 11.2 Å². The highest BCUT2D eigenvalue weighted by atomic mass is 35.5. The number of benzene rings is 1. The molecule has 3 aromatic heterocycles. The van der Waals surface area contributed by atoms with Gasteiger partial charge in [-0.1, -0.05) is 35.9 Å². The molecule has 31 heavy (non-hydrogen) atoms. The number of nitrogens with two attached hydrogens (primary N) is 1. The van der Waals surface area contributed by atoms with E-state index in [0.29, 0.717) is 11.0 Å². The summed E-state index contributed by atoms with van der Waals surface area (Å²) >= 11 is 6.47. The minimum absolute atomic E-state index is 0.464. The Hall–Kier alpha value is -3.71. The average molecular weight is 430 g/mol. The Labute approximate surface area is 184 Å². The second kappa shape index (κ2) is 7.85. The van der Waals surface area contributed by atoms with Crippen LogP contribution in [-0.2, 0) is 6.42 Å². The lowest BCUT2D eigenvalue weighted by Gasteiger charge is -2.22. The number of anilines is 2. The van der Waals surface area contributed by atoms with Crippen molar-refractivity contribution in [1.82, 2.24) is 19.4 Å². The van der Waals surface area contributed by atoms with Gasteiger partial charge in [0, 0.05) is 41.3 Å². The highest BCUT2D eigenvalue weighted by Gasteiger charge is 2.26. The Morgan fingerprint density at radius 1 is 1.10 bits per heavy atom. The van der Waals surface area contributed by atoms with Gasteiger partial charge < -0.3 is 11.1 Å². The first-order valence-electron chi connectivity index (χ1n) is 9.92. The number of hydrogen-bond donors (Lipinski definition) is 2. The van der Waals surface area contributed by atoms with E-state index >= 15 is 0 Å². The molecule has 0 radical (unpaired) electrons. The van der Waals surface area contributed by atoms with E-state index in [2.05, 4.69) is 20.3 Å². The van der Waals surface area contributed by atoms with E-state index in [1.807, 2.05) is 59.3 Å².